The van der Waals surface area contributed by atoms with Crippen molar-refractivity contribution >= 4 is 9.84 Å². The molecule has 0 aromatic carbocycles. The van der Waals surface area contributed by atoms with E-state index in [0.29, 0.717) is 19.0 Å². The summed E-state index contributed by atoms with van der Waals surface area (Å²) in [4.78, 5) is 0. The first-order valence-electron chi connectivity index (χ1n) is 5.64. The van der Waals surface area contributed by atoms with Gasteiger partial charge in [-0.2, -0.15) is 0 Å². The zero-order valence-electron chi connectivity index (χ0n) is 10.9. The Morgan fingerprint density at radius 1 is 1.31 bits per heavy atom. The topological polar surface area (TPSA) is 66.4 Å². The van der Waals surface area contributed by atoms with Gasteiger partial charge in [0.2, 0.25) is 0 Å². The van der Waals surface area contributed by atoms with Gasteiger partial charge in [0, 0.05) is 19.3 Å². The van der Waals surface area contributed by atoms with Gasteiger partial charge in [-0.3, -0.25) is 0 Å². The number of rotatable bonds is 7. The molecule has 0 aliphatic rings. The molecule has 2 N–H and O–H groups in total. The standard InChI is InChI=1S/C11H25NO3S/c1-9(2)6-10(13)7-12-8-11(3,4)16(5,14)15/h9-10,12-13H,6-8H2,1-5H3. The smallest absolute Gasteiger partial charge is 0.153 e. The molecule has 0 heterocycles. The molecule has 0 bridgehead atoms. The highest BCUT2D eigenvalue weighted by Crippen LogP contribution is 2.13. The van der Waals surface area contributed by atoms with Gasteiger partial charge in [-0.05, 0) is 26.2 Å². The highest BCUT2D eigenvalue weighted by atomic mass is 32.2. The Kier molecular flexibility index (Phi) is 5.93. The Morgan fingerprint density at radius 3 is 2.19 bits per heavy atom. The molecule has 0 spiro atoms. The third-order valence-electron chi connectivity index (χ3n) is 2.68. The fraction of sp³-hybridized carbons (Fsp3) is 1.00. The number of hydrogen-bond acceptors (Lipinski definition) is 4. The van der Waals surface area contributed by atoms with Crippen LogP contribution in [0.25, 0.3) is 0 Å². The molecule has 98 valence electrons. The summed E-state index contributed by atoms with van der Waals surface area (Å²) >= 11 is 0. The molecule has 0 aromatic rings. The van der Waals surface area contributed by atoms with Gasteiger partial charge < -0.3 is 10.4 Å². The SMILES string of the molecule is CC(C)CC(O)CNCC(C)(C)S(C)(=O)=O. The molecule has 0 aliphatic heterocycles. The van der Waals surface area contributed by atoms with Crippen LogP contribution in [0.5, 0.6) is 0 Å². The summed E-state index contributed by atoms with van der Waals surface area (Å²) in [6.45, 7) is 8.26. The summed E-state index contributed by atoms with van der Waals surface area (Å²) in [7, 11) is -3.07. The number of nitrogens with one attached hydrogen (secondary N) is 1. The maximum Gasteiger partial charge on any atom is 0.153 e. The fourth-order valence-electron chi connectivity index (χ4n) is 1.30. The minimum absolute atomic E-state index is 0.362. The maximum absolute atomic E-state index is 11.4. The van der Waals surface area contributed by atoms with E-state index in [1.165, 1.54) is 6.26 Å². The number of aliphatic hydroxyl groups excluding tert-OH is 1. The molecular formula is C11H25NO3S. The molecular weight excluding hydrogens is 226 g/mol. The number of sulfone groups is 1. The third-order valence-corrected chi connectivity index (χ3v) is 4.83. The zero-order chi connectivity index (χ0) is 13.0. The largest absolute Gasteiger partial charge is 0.392 e. The van der Waals surface area contributed by atoms with Crippen molar-refractivity contribution in [2.24, 2.45) is 5.92 Å². The van der Waals surface area contributed by atoms with E-state index in [2.05, 4.69) is 5.32 Å². The summed E-state index contributed by atoms with van der Waals surface area (Å²) < 4.78 is 22.0. The molecule has 0 saturated carbocycles. The van der Waals surface area contributed by atoms with Crippen LogP contribution in [0.2, 0.25) is 0 Å². The van der Waals surface area contributed by atoms with Crippen molar-refractivity contribution in [2.75, 3.05) is 19.3 Å². The van der Waals surface area contributed by atoms with Crippen molar-refractivity contribution < 1.29 is 13.5 Å². The van der Waals surface area contributed by atoms with Crippen molar-refractivity contribution in [3.8, 4) is 0 Å². The van der Waals surface area contributed by atoms with Crippen LogP contribution < -0.4 is 5.32 Å². The van der Waals surface area contributed by atoms with Gasteiger partial charge in [0.15, 0.2) is 9.84 Å². The Hall–Kier alpha value is -0.130. The van der Waals surface area contributed by atoms with Crippen LogP contribution in [0.1, 0.15) is 34.1 Å². The van der Waals surface area contributed by atoms with Gasteiger partial charge >= 0.3 is 0 Å². The van der Waals surface area contributed by atoms with E-state index in [-0.39, 0.29) is 0 Å². The van der Waals surface area contributed by atoms with E-state index in [4.69, 9.17) is 0 Å². The van der Waals surface area contributed by atoms with Crippen LogP contribution in [0.15, 0.2) is 0 Å². The van der Waals surface area contributed by atoms with Crippen molar-refractivity contribution in [3.63, 3.8) is 0 Å². The summed E-state index contributed by atoms with van der Waals surface area (Å²) in [6, 6.07) is 0. The first kappa shape index (κ1) is 15.9. The second-order valence-corrected chi connectivity index (χ2v) is 8.10. The average molecular weight is 251 g/mol. The monoisotopic (exact) mass is 251 g/mol. The minimum atomic E-state index is -3.07. The van der Waals surface area contributed by atoms with E-state index in [9.17, 15) is 13.5 Å². The molecule has 1 unspecified atom stereocenters. The van der Waals surface area contributed by atoms with Crippen LogP contribution in [-0.4, -0.2) is 43.7 Å². The van der Waals surface area contributed by atoms with Gasteiger partial charge in [0.1, 0.15) is 0 Å². The highest BCUT2D eigenvalue weighted by molar-refractivity contribution is 7.92. The average Bonchev–Trinajstić information content (AvgIpc) is 1.99. The first-order chi connectivity index (χ1) is 7.06. The normalized spacial score (nSPS) is 15.4. The van der Waals surface area contributed by atoms with Gasteiger partial charge in [-0.1, -0.05) is 13.8 Å². The van der Waals surface area contributed by atoms with E-state index >= 15 is 0 Å². The Bertz CT molecular complexity index is 296. The van der Waals surface area contributed by atoms with E-state index < -0.39 is 20.7 Å². The summed E-state index contributed by atoms with van der Waals surface area (Å²) in [5, 5.41) is 12.6. The Labute approximate surface area is 99.4 Å². The van der Waals surface area contributed by atoms with Crippen LogP contribution >= 0.6 is 0 Å². The lowest BCUT2D eigenvalue weighted by Crippen LogP contribution is -2.43. The summed E-state index contributed by atoms with van der Waals surface area (Å²) in [6.07, 6.45) is 1.56. The van der Waals surface area contributed by atoms with Gasteiger partial charge in [0.05, 0.1) is 10.9 Å². The molecule has 0 rings (SSSR count). The Balaban J connectivity index is 4.00. The Morgan fingerprint density at radius 2 is 1.81 bits per heavy atom. The summed E-state index contributed by atoms with van der Waals surface area (Å²) in [5.74, 6) is 0.444. The molecule has 0 saturated heterocycles. The van der Waals surface area contributed by atoms with Crippen LogP contribution in [0, 0.1) is 5.92 Å². The second kappa shape index (κ2) is 5.98. The molecule has 0 aliphatic carbocycles. The van der Waals surface area contributed by atoms with Crippen molar-refractivity contribution in [2.45, 2.75) is 45.0 Å². The fourth-order valence-corrected chi connectivity index (χ4v) is 1.66. The van der Waals surface area contributed by atoms with E-state index in [0.717, 1.165) is 6.42 Å². The minimum Gasteiger partial charge on any atom is -0.392 e. The second-order valence-electron chi connectivity index (χ2n) is 5.45. The van der Waals surface area contributed by atoms with E-state index in [1.54, 1.807) is 13.8 Å². The lowest BCUT2D eigenvalue weighted by Gasteiger charge is -2.24. The highest BCUT2D eigenvalue weighted by Gasteiger charge is 2.29. The third kappa shape index (κ3) is 5.82. The predicted molar refractivity (Wildman–Crippen MR) is 67.3 cm³/mol. The van der Waals surface area contributed by atoms with Crippen LogP contribution in [0.4, 0.5) is 0 Å². The first-order valence-corrected chi connectivity index (χ1v) is 7.54. The van der Waals surface area contributed by atoms with Gasteiger partial charge in [0.25, 0.3) is 0 Å². The van der Waals surface area contributed by atoms with Crippen molar-refractivity contribution in [1.29, 1.82) is 0 Å². The lowest BCUT2D eigenvalue weighted by molar-refractivity contribution is 0.146. The molecule has 4 nitrogen and oxygen atoms in total. The maximum atomic E-state index is 11.4. The molecule has 5 heteroatoms. The van der Waals surface area contributed by atoms with Crippen molar-refractivity contribution in [3.05, 3.63) is 0 Å². The van der Waals surface area contributed by atoms with Gasteiger partial charge in [-0.25, -0.2) is 8.42 Å². The van der Waals surface area contributed by atoms with Crippen LogP contribution in [0.3, 0.4) is 0 Å². The number of aliphatic hydroxyl groups is 1. The van der Waals surface area contributed by atoms with Crippen LogP contribution in [-0.2, 0) is 9.84 Å². The molecule has 0 aromatic heterocycles. The predicted octanol–water partition coefficient (Wildman–Crippen LogP) is 0.806. The summed E-state index contributed by atoms with van der Waals surface area (Å²) in [5.41, 5.74) is 0. The quantitative estimate of drug-likeness (QED) is 0.702. The molecule has 16 heavy (non-hydrogen) atoms. The molecule has 0 radical (unpaired) electrons. The zero-order valence-corrected chi connectivity index (χ0v) is 11.8. The molecule has 1 atom stereocenters. The van der Waals surface area contributed by atoms with Crippen molar-refractivity contribution in [1.82, 2.24) is 5.32 Å². The lowest BCUT2D eigenvalue weighted by atomic mass is 10.1. The van der Waals surface area contributed by atoms with Gasteiger partial charge in [-0.15, -0.1) is 0 Å². The molecule has 0 fully saturated rings. The van der Waals surface area contributed by atoms with E-state index in [1.807, 2.05) is 13.8 Å². The molecule has 0 amide bonds. The number of hydrogen-bond donors (Lipinski definition) is 2.